The molecule has 224 valence electrons. The number of aliphatic hydroxyl groups is 1. The minimum absolute atomic E-state index is 0.0227. The normalized spacial score (nSPS) is 17.8. The third-order valence-electron chi connectivity index (χ3n) is 8.74. The molecule has 13 heteroatoms. The van der Waals surface area contributed by atoms with Crippen molar-refractivity contribution in [2.24, 2.45) is 14.1 Å². The molecule has 2 saturated carbocycles. The second-order valence-electron chi connectivity index (χ2n) is 11.9. The molecule has 1 aromatic carbocycles. The van der Waals surface area contributed by atoms with Crippen LogP contribution in [-0.2, 0) is 33.4 Å². The van der Waals surface area contributed by atoms with Crippen LogP contribution < -0.4 is 10.2 Å². The van der Waals surface area contributed by atoms with E-state index in [9.17, 15) is 23.1 Å². The summed E-state index contributed by atoms with van der Waals surface area (Å²) in [5.74, 6) is 0.606. The van der Waals surface area contributed by atoms with E-state index in [2.05, 4.69) is 20.6 Å². The summed E-state index contributed by atoms with van der Waals surface area (Å²) in [6.07, 6.45) is 2.82. The molecule has 0 spiro atoms. The van der Waals surface area contributed by atoms with Gasteiger partial charge in [-0.15, -0.1) is 10.2 Å². The minimum atomic E-state index is -4.64. The molecule has 3 aromatic heterocycles. The maximum Gasteiger partial charge on any atom is 0.416 e. The van der Waals surface area contributed by atoms with Crippen LogP contribution in [0.15, 0.2) is 36.8 Å². The minimum Gasteiger partial charge on any atom is -0.389 e. The Balaban J connectivity index is 1.26. The third-order valence-corrected chi connectivity index (χ3v) is 8.74. The summed E-state index contributed by atoms with van der Waals surface area (Å²) in [5, 5.41) is 26.1. The van der Waals surface area contributed by atoms with Crippen molar-refractivity contribution in [1.29, 1.82) is 0 Å². The first kappa shape index (κ1) is 27.7. The molecule has 2 fully saturated rings. The van der Waals surface area contributed by atoms with E-state index >= 15 is 0 Å². The molecule has 1 aliphatic heterocycles. The van der Waals surface area contributed by atoms with Crippen LogP contribution in [0, 0.1) is 0 Å². The first-order valence-corrected chi connectivity index (χ1v) is 14.4. The van der Waals surface area contributed by atoms with Gasteiger partial charge >= 0.3 is 6.18 Å². The molecule has 0 bridgehead atoms. The number of carbonyl (C=O) groups excluding carboxylic acids is 1. The van der Waals surface area contributed by atoms with Gasteiger partial charge in [-0.05, 0) is 67.5 Å². The van der Waals surface area contributed by atoms with E-state index in [1.165, 1.54) is 11.0 Å². The van der Waals surface area contributed by atoms with Gasteiger partial charge < -0.3 is 15.0 Å². The number of hydrogen-bond donors (Lipinski definition) is 2. The first-order valence-electron chi connectivity index (χ1n) is 14.4. The molecular formula is C30H31F3N8O2. The van der Waals surface area contributed by atoms with Gasteiger partial charge in [0.25, 0.3) is 5.91 Å². The highest BCUT2D eigenvalue weighted by atomic mass is 19.4. The van der Waals surface area contributed by atoms with Gasteiger partial charge in [-0.25, -0.2) is 4.98 Å². The maximum absolute atomic E-state index is 14.3. The smallest absolute Gasteiger partial charge is 0.389 e. The number of anilines is 1. The highest BCUT2D eigenvalue weighted by Crippen LogP contribution is 2.44. The lowest BCUT2D eigenvalue weighted by molar-refractivity contribution is -0.138. The largest absolute Gasteiger partial charge is 0.416 e. The summed E-state index contributed by atoms with van der Waals surface area (Å²) in [6.45, 7) is 0.159. The van der Waals surface area contributed by atoms with Crippen molar-refractivity contribution in [1.82, 2.24) is 34.8 Å². The molecule has 4 aromatic rings. The second-order valence-corrected chi connectivity index (χ2v) is 11.9. The predicted molar refractivity (Wildman–Crippen MR) is 151 cm³/mol. The molecule has 7 rings (SSSR count). The summed E-state index contributed by atoms with van der Waals surface area (Å²) in [5.41, 5.74) is 1.67. The molecule has 1 amide bonds. The molecule has 43 heavy (non-hydrogen) atoms. The van der Waals surface area contributed by atoms with Crippen LogP contribution >= 0.6 is 0 Å². The fourth-order valence-corrected chi connectivity index (χ4v) is 6.08. The highest BCUT2D eigenvalue weighted by Gasteiger charge is 2.41. The average molecular weight is 593 g/mol. The standard InChI is InChI=1S/C30H31F3N8O2/c1-39-16-35-38-27(39)21-13-36-40(2)26(21)19-10-24(18-4-5-18)37-25(11-19)41-14-22-20(28(41)42)8-17(9-23(22)30(31,32)33)12-34-15-29(43)6-3-7-29/h8-11,13,16,18,34,43H,3-7,12,14-15H2,1-2H3. The second kappa shape index (κ2) is 9.98. The number of carbonyl (C=O) groups is 1. The van der Waals surface area contributed by atoms with Gasteiger partial charge in [0.15, 0.2) is 5.82 Å². The van der Waals surface area contributed by atoms with Crippen molar-refractivity contribution in [3.63, 3.8) is 0 Å². The highest BCUT2D eigenvalue weighted by molar-refractivity contribution is 6.10. The van der Waals surface area contributed by atoms with E-state index in [0.29, 0.717) is 30.0 Å². The summed E-state index contributed by atoms with van der Waals surface area (Å²) in [4.78, 5) is 19.9. The van der Waals surface area contributed by atoms with E-state index in [0.717, 1.165) is 47.8 Å². The number of aryl methyl sites for hydroxylation is 2. The fraction of sp³-hybridized carbons (Fsp3) is 0.433. The van der Waals surface area contributed by atoms with Crippen LogP contribution in [-0.4, -0.2) is 52.7 Å². The van der Waals surface area contributed by atoms with Gasteiger partial charge in [0.1, 0.15) is 12.1 Å². The Morgan fingerprint density at radius 1 is 1.12 bits per heavy atom. The Labute approximate surface area is 245 Å². The number of nitrogens with zero attached hydrogens (tertiary/aromatic N) is 7. The van der Waals surface area contributed by atoms with Crippen molar-refractivity contribution in [3.05, 3.63) is 64.7 Å². The van der Waals surface area contributed by atoms with Crippen LogP contribution in [0.25, 0.3) is 22.6 Å². The zero-order valence-electron chi connectivity index (χ0n) is 23.8. The molecule has 2 aliphatic carbocycles. The van der Waals surface area contributed by atoms with Crippen molar-refractivity contribution in [3.8, 4) is 22.6 Å². The number of nitrogens with one attached hydrogen (secondary N) is 1. The van der Waals surface area contributed by atoms with Crippen LogP contribution in [0.1, 0.15) is 70.8 Å². The number of amides is 1. The van der Waals surface area contributed by atoms with E-state index in [-0.39, 0.29) is 36.7 Å². The van der Waals surface area contributed by atoms with E-state index in [1.54, 1.807) is 34.9 Å². The van der Waals surface area contributed by atoms with E-state index in [1.807, 2.05) is 13.1 Å². The summed E-state index contributed by atoms with van der Waals surface area (Å²) < 4.78 is 46.4. The van der Waals surface area contributed by atoms with Gasteiger partial charge in [0.05, 0.1) is 35.2 Å². The molecule has 0 atom stereocenters. The van der Waals surface area contributed by atoms with Gasteiger partial charge in [-0.3, -0.25) is 14.4 Å². The molecule has 0 unspecified atom stereocenters. The maximum atomic E-state index is 14.3. The van der Waals surface area contributed by atoms with Crippen LogP contribution in [0.2, 0.25) is 0 Å². The molecular weight excluding hydrogens is 561 g/mol. The quantitative estimate of drug-likeness (QED) is 0.313. The van der Waals surface area contributed by atoms with Crippen LogP contribution in [0.4, 0.5) is 19.0 Å². The van der Waals surface area contributed by atoms with Gasteiger partial charge in [-0.2, -0.15) is 18.3 Å². The molecule has 10 nitrogen and oxygen atoms in total. The van der Waals surface area contributed by atoms with Crippen molar-refractivity contribution < 1.29 is 23.1 Å². The number of alkyl halides is 3. The Morgan fingerprint density at radius 2 is 1.91 bits per heavy atom. The van der Waals surface area contributed by atoms with E-state index in [4.69, 9.17) is 4.98 Å². The number of benzene rings is 1. The van der Waals surface area contributed by atoms with Gasteiger partial charge in [0.2, 0.25) is 0 Å². The zero-order valence-corrected chi connectivity index (χ0v) is 23.8. The third kappa shape index (κ3) is 4.99. The van der Waals surface area contributed by atoms with E-state index < -0.39 is 23.2 Å². The molecule has 0 saturated heterocycles. The molecule has 4 heterocycles. The van der Waals surface area contributed by atoms with Crippen molar-refractivity contribution in [2.75, 3.05) is 11.4 Å². The molecule has 2 N–H and O–H groups in total. The molecule has 0 radical (unpaired) electrons. The number of pyridine rings is 1. The van der Waals surface area contributed by atoms with Gasteiger partial charge in [-0.1, -0.05) is 0 Å². The topological polar surface area (TPSA) is 114 Å². The first-order chi connectivity index (χ1) is 20.5. The fourth-order valence-electron chi connectivity index (χ4n) is 6.08. The predicted octanol–water partition coefficient (Wildman–Crippen LogP) is 4.34. The van der Waals surface area contributed by atoms with Crippen LogP contribution in [0.3, 0.4) is 0 Å². The zero-order chi connectivity index (χ0) is 30.1. The average Bonchev–Trinajstić information content (AvgIpc) is 3.49. The SMILES string of the molecule is Cn1cnnc1-c1cnn(C)c1-c1cc(C2CC2)nc(N2Cc3c(cc(CNCC4(O)CCC4)cc3C(F)(F)F)C2=O)c1. The monoisotopic (exact) mass is 592 g/mol. The summed E-state index contributed by atoms with van der Waals surface area (Å²) in [6, 6.07) is 6.34. The number of halogens is 3. The number of hydrogen-bond acceptors (Lipinski definition) is 7. The van der Waals surface area contributed by atoms with Crippen LogP contribution in [0.5, 0.6) is 0 Å². The Morgan fingerprint density at radius 3 is 2.56 bits per heavy atom. The van der Waals surface area contributed by atoms with Crippen molar-refractivity contribution in [2.45, 2.75) is 62.9 Å². The number of rotatable bonds is 8. The number of fused-ring (bicyclic) bond motifs is 1. The lowest BCUT2D eigenvalue weighted by Crippen LogP contribution is -2.46. The summed E-state index contributed by atoms with van der Waals surface area (Å²) >= 11 is 0. The van der Waals surface area contributed by atoms with Gasteiger partial charge in [0, 0.05) is 49.9 Å². The van der Waals surface area contributed by atoms with Crippen molar-refractivity contribution >= 4 is 11.7 Å². The lowest BCUT2D eigenvalue weighted by atomic mass is 9.80. The number of aromatic nitrogens is 6. The Bertz CT molecular complexity index is 1740. The Hall–Kier alpha value is -4.10. The lowest BCUT2D eigenvalue weighted by Gasteiger charge is -2.36. The Kier molecular flexibility index (Phi) is 6.43. The summed E-state index contributed by atoms with van der Waals surface area (Å²) in [7, 11) is 3.63. The molecule has 3 aliphatic rings.